The Morgan fingerprint density at radius 1 is 0.868 bits per heavy atom. The van der Waals surface area contributed by atoms with E-state index in [1.165, 1.54) is 18.2 Å². The number of ether oxygens (including phenoxy) is 6. The van der Waals surface area contributed by atoms with Crippen LogP contribution in [0.1, 0.15) is 59.4 Å². The molecule has 0 spiro atoms. The van der Waals surface area contributed by atoms with E-state index in [4.69, 9.17) is 28.4 Å². The van der Waals surface area contributed by atoms with Crippen LogP contribution in [0.15, 0.2) is 18.2 Å². The SMILES string of the molecule is CCCOC(=O)Oc1ccc(C[C@H](NCC(C)OC(=O)OCC(C)CC)C(=O)O)cc1OC(=O)OCCC. The fourth-order valence-electron chi connectivity index (χ4n) is 2.81. The summed E-state index contributed by atoms with van der Waals surface area (Å²) in [5.74, 6) is -1.18. The highest BCUT2D eigenvalue weighted by Crippen LogP contribution is 2.30. The molecule has 1 aromatic carbocycles. The number of carboxylic acids is 1. The Kier molecular flexibility index (Phi) is 15.2. The van der Waals surface area contributed by atoms with Crippen molar-refractivity contribution in [2.75, 3.05) is 26.4 Å². The molecule has 0 aromatic heterocycles. The third-order valence-corrected chi connectivity index (χ3v) is 5.11. The molecule has 3 atom stereocenters. The number of hydrogen-bond acceptors (Lipinski definition) is 11. The van der Waals surface area contributed by atoms with E-state index < -0.39 is 36.6 Å². The van der Waals surface area contributed by atoms with Crippen LogP contribution in [-0.2, 0) is 30.2 Å². The lowest BCUT2D eigenvalue weighted by Crippen LogP contribution is -2.42. The second-order valence-corrected chi connectivity index (χ2v) is 8.69. The molecule has 214 valence electrons. The van der Waals surface area contributed by atoms with Crippen LogP contribution in [-0.4, -0.2) is 68.1 Å². The number of carboxylic acid groups (broad SMARTS) is 1. The normalized spacial score (nSPS) is 13.0. The van der Waals surface area contributed by atoms with Crippen LogP contribution >= 0.6 is 0 Å². The summed E-state index contributed by atoms with van der Waals surface area (Å²) >= 11 is 0. The van der Waals surface area contributed by atoms with E-state index in [1.54, 1.807) is 6.92 Å². The summed E-state index contributed by atoms with van der Waals surface area (Å²) in [6.07, 6.45) is -1.47. The van der Waals surface area contributed by atoms with E-state index in [0.717, 1.165) is 6.42 Å². The molecular weight excluding hydrogens is 502 g/mol. The zero-order valence-electron chi connectivity index (χ0n) is 22.7. The first kappa shape index (κ1) is 32.5. The van der Waals surface area contributed by atoms with Crippen molar-refractivity contribution in [3.63, 3.8) is 0 Å². The number of carbonyl (C=O) groups excluding carboxylic acids is 3. The van der Waals surface area contributed by atoms with Crippen molar-refractivity contribution in [2.24, 2.45) is 5.92 Å². The Bertz CT molecular complexity index is 905. The summed E-state index contributed by atoms with van der Waals surface area (Å²) in [7, 11) is 0. The topological polar surface area (TPSA) is 156 Å². The van der Waals surface area contributed by atoms with Gasteiger partial charge in [-0.1, -0.05) is 40.2 Å². The highest BCUT2D eigenvalue weighted by atomic mass is 16.7. The largest absolute Gasteiger partial charge is 0.513 e. The zero-order chi connectivity index (χ0) is 28.5. The minimum absolute atomic E-state index is 0.0263. The van der Waals surface area contributed by atoms with Gasteiger partial charge in [0.05, 0.1) is 19.8 Å². The van der Waals surface area contributed by atoms with Crippen molar-refractivity contribution in [1.82, 2.24) is 5.32 Å². The Morgan fingerprint density at radius 2 is 1.47 bits per heavy atom. The van der Waals surface area contributed by atoms with E-state index in [1.807, 2.05) is 27.7 Å². The molecule has 1 aromatic rings. The fraction of sp³-hybridized carbons (Fsp3) is 0.615. The second-order valence-electron chi connectivity index (χ2n) is 8.69. The number of carbonyl (C=O) groups is 4. The monoisotopic (exact) mass is 541 g/mol. The van der Waals surface area contributed by atoms with Gasteiger partial charge in [-0.3, -0.25) is 4.79 Å². The van der Waals surface area contributed by atoms with Gasteiger partial charge in [0.2, 0.25) is 0 Å². The van der Waals surface area contributed by atoms with Gasteiger partial charge >= 0.3 is 24.4 Å². The van der Waals surface area contributed by atoms with Crippen LogP contribution in [0.25, 0.3) is 0 Å². The molecule has 0 aliphatic carbocycles. The van der Waals surface area contributed by atoms with E-state index in [-0.39, 0.29) is 50.2 Å². The Labute approximate surface area is 222 Å². The number of nitrogens with one attached hydrogen (secondary N) is 1. The molecule has 0 amide bonds. The number of rotatable bonds is 16. The smallest absolute Gasteiger partial charge is 0.480 e. The van der Waals surface area contributed by atoms with Gasteiger partial charge in [-0.15, -0.1) is 0 Å². The molecule has 12 heteroatoms. The fourth-order valence-corrected chi connectivity index (χ4v) is 2.81. The average molecular weight is 542 g/mol. The number of aliphatic carboxylic acids is 1. The third kappa shape index (κ3) is 13.1. The first-order chi connectivity index (χ1) is 18.1. The van der Waals surface area contributed by atoms with Crippen LogP contribution in [0.4, 0.5) is 14.4 Å². The maximum absolute atomic E-state index is 12.0. The summed E-state index contributed by atoms with van der Waals surface area (Å²) in [6, 6.07) is 3.19. The molecule has 38 heavy (non-hydrogen) atoms. The first-order valence-electron chi connectivity index (χ1n) is 12.7. The van der Waals surface area contributed by atoms with Gasteiger partial charge in [0.15, 0.2) is 11.5 Å². The predicted octanol–water partition coefficient (Wildman–Crippen LogP) is 4.71. The molecule has 0 radical (unpaired) electrons. The van der Waals surface area contributed by atoms with Gasteiger partial charge < -0.3 is 38.8 Å². The second kappa shape index (κ2) is 17.8. The minimum Gasteiger partial charge on any atom is -0.480 e. The van der Waals surface area contributed by atoms with Gasteiger partial charge in [0, 0.05) is 6.54 Å². The molecule has 0 aliphatic rings. The van der Waals surface area contributed by atoms with E-state index in [2.05, 4.69) is 5.32 Å². The van der Waals surface area contributed by atoms with Crippen LogP contribution in [0.3, 0.4) is 0 Å². The van der Waals surface area contributed by atoms with Crippen molar-refractivity contribution in [3.8, 4) is 11.5 Å². The summed E-state index contributed by atoms with van der Waals surface area (Å²) in [5.41, 5.74) is 0.457. The standard InChI is InChI=1S/C26H39NO11/c1-6-11-33-24(30)37-21-10-9-19(14-22(21)38-25(31)34-12-7-2)13-20(23(28)29)27-15-18(5)36-26(32)35-16-17(4)8-3/h9-10,14,17-18,20,27H,6-8,11-13,15-16H2,1-5H3,(H,28,29)/t17?,18?,20-/m0/s1. The molecule has 12 nitrogen and oxygen atoms in total. The van der Waals surface area contributed by atoms with Gasteiger partial charge in [0.25, 0.3) is 0 Å². The highest BCUT2D eigenvalue weighted by molar-refractivity contribution is 5.74. The molecule has 0 bridgehead atoms. The van der Waals surface area contributed by atoms with E-state index in [9.17, 15) is 24.3 Å². The molecule has 0 aliphatic heterocycles. The average Bonchev–Trinajstić information content (AvgIpc) is 2.88. The minimum atomic E-state index is -1.15. The molecule has 2 unspecified atom stereocenters. The lowest BCUT2D eigenvalue weighted by Gasteiger charge is -2.19. The van der Waals surface area contributed by atoms with E-state index >= 15 is 0 Å². The number of benzene rings is 1. The molecular formula is C26H39NO11. The van der Waals surface area contributed by atoms with Crippen molar-refractivity contribution >= 4 is 24.4 Å². The van der Waals surface area contributed by atoms with Gasteiger partial charge in [-0.05, 0) is 49.8 Å². The van der Waals surface area contributed by atoms with Crippen LogP contribution in [0.2, 0.25) is 0 Å². The zero-order valence-corrected chi connectivity index (χ0v) is 22.7. The van der Waals surface area contributed by atoms with Crippen LogP contribution < -0.4 is 14.8 Å². The van der Waals surface area contributed by atoms with Gasteiger partial charge in [-0.25, -0.2) is 14.4 Å². The molecule has 2 N–H and O–H groups in total. The maximum Gasteiger partial charge on any atom is 0.513 e. The third-order valence-electron chi connectivity index (χ3n) is 5.11. The molecule has 0 saturated heterocycles. The summed E-state index contributed by atoms with van der Waals surface area (Å²) in [4.78, 5) is 47.6. The first-order valence-corrected chi connectivity index (χ1v) is 12.7. The number of hydrogen-bond donors (Lipinski definition) is 2. The van der Waals surface area contributed by atoms with Crippen LogP contribution in [0.5, 0.6) is 11.5 Å². The lowest BCUT2D eigenvalue weighted by atomic mass is 10.0. The van der Waals surface area contributed by atoms with Gasteiger partial charge in [-0.2, -0.15) is 0 Å². The molecule has 0 fully saturated rings. The van der Waals surface area contributed by atoms with Gasteiger partial charge in [0.1, 0.15) is 12.1 Å². The lowest BCUT2D eigenvalue weighted by molar-refractivity contribution is -0.139. The predicted molar refractivity (Wildman–Crippen MR) is 135 cm³/mol. The maximum atomic E-state index is 12.0. The van der Waals surface area contributed by atoms with E-state index in [0.29, 0.717) is 18.4 Å². The Balaban J connectivity index is 2.88. The Hall–Kier alpha value is -3.54. The van der Waals surface area contributed by atoms with Crippen LogP contribution in [0, 0.1) is 5.92 Å². The molecule has 1 rings (SSSR count). The van der Waals surface area contributed by atoms with Crippen molar-refractivity contribution in [1.29, 1.82) is 0 Å². The Morgan fingerprint density at radius 3 is 2.03 bits per heavy atom. The summed E-state index contributed by atoms with van der Waals surface area (Å²) in [5, 5.41) is 12.5. The summed E-state index contributed by atoms with van der Waals surface area (Å²) < 4.78 is 30.3. The quantitative estimate of drug-likeness (QED) is 0.169. The molecule has 0 heterocycles. The molecule has 0 saturated carbocycles. The van der Waals surface area contributed by atoms with Crippen molar-refractivity contribution < 1.29 is 52.7 Å². The van der Waals surface area contributed by atoms with Crippen molar-refractivity contribution in [3.05, 3.63) is 23.8 Å². The summed E-state index contributed by atoms with van der Waals surface area (Å²) in [6.45, 7) is 9.72. The van der Waals surface area contributed by atoms with Crippen molar-refractivity contribution in [2.45, 2.75) is 72.4 Å². The highest BCUT2D eigenvalue weighted by Gasteiger charge is 2.22.